The summed E-state index contributed by atoms with van der Waals surface area (Å²) in [5.41, 5.74) is 0.832. The van der Waals surface area contributed by atoms with Crippen LogP contribution >= 0.6 is 0 Å². The molecular weight excluding hydrogens is 526 g/mol. The average Bonchev–Trinajstić information content (AvgIpc) is 3.74. The zero-order chi connectivity index (χ0) is 29.2. The molecule has 220 valence electrons. The van der Waals surface area contributed by atoms with Crippen molar-refractivity contribution >= 4 is 23.4 Å². The Balaban J connectivity index is 1.43. The average molecular weight is 566 g/mol. The lowest BCUT2D eigenvalue weighted by Crippen LogP contribution is -2.50. The van der Waals surface area contributed by atoms with Crippen LogP contribution in [0.2, 0.25) is 0 Å². The van der Waals surface area contributed by atoms with Crippen LogP contribution in [0.25, 0.3) is 0 Å². The molecule has 4 rings (SSSR count). The molecular formula is C31H39N3O7. The maximum atomic E-state index is 13.7. The number of epoxide rings is 1. The second-order valence-electron chi connectivity index (χ2n) is 10.8. The van der Waals surface area contributed by atoms with Crippen molar-refractivity contribution in [3.8, 4) is 5.75 Å². The molecule has 41 heavy (non-hydrogen) atoms. The zero-order valence-electron chi connectivity index (χ0n) is 23.7. The number of nitrogens with zero attached hydrogens (tertiary/aromatic N) is 1. The van der Waals surface area contributed by atoms with Crippen LogP contribution in [0.1, 0.15) is 24.5 Å². The molecule has 3 atom stereocenters. The van der Waals surface area contributed by atoms with Crippen molar-refractivity contribution in [1.29, 1.82) is 0 Å². The third kappa shape index (κ3) is 9.21. The number of ketones is 2. The number of methoxy groups -OCH3 is 1. The van der Waals surface area contributed by atoms with Crippen LogP contribution in [0, 0.1) is 5.92 Å². The summed E-state index contributed by atoms with van der Waals surface area (Å²) in [4.78, 5) is 54.3. The number of morpholine rings is 1. The van der Waals surface area contributed by atoms with Crippen molar-refractivity contribution in [1.82, 2.24) is 15.5 Å². The topological polar surface area (TPSA) is 127 Å². The van der Waals surface area contributed by atoms with Gasteiger partial charge in [-0.05, 0) is 43.0 Å². The van der Waals surface area contributed by atoms with E-state index < -0.39 is 23.5 Å². The molecule has 10 heteroatoms. The fourth-order valence-electron chi connectivity index (χ4n) is 4.83. The summed E-state index contributed by atoms with van der Waals surface area (Å²) in [6.45, 7) is 4.53. The first kappa shape index (κ1) is 30.4. The van der Waals surface area contributed by atoms with E-state index in [1.165, 1.54) is 0 Å². The van der Waals surface area contributed by atoms with Gasteiger partial charge in [0.15, 0.2) is 11.6 Å². The van der Waals surface area contributed by atoms with Crippen LogP contribution in [0.3, 0.4) is 0 Å². The maximum Gasteiger partial charge on any atom is 0.234 e. The number of ether oxygens (including phenoxy) is 3. The zero-order valence-corrected chi connectivity index (χ0v) is 23.7. The number of carbonyl (C=O) groups is 4. The lowest BCUT2D eigenvalue weighted by molar-refractivity contribution is -0.134. The Bertz CT molecular complexity index is 1190. The highest BCUT2D eigenvalue weighted by molar-refractivity contribution is 5.98. The Morgan fingerprint density at radius 2 is 1.63 bits per heavy atom. The Labute approximate surface area is 240 Å². The predicted molar refractivity (Wildman–Crippen MR) is 152 cm³/mol. The molecule has 2 aliphatic rings. The Morgan fingerprint density at radius 1 is 0.976 bits per heavy atom. The largest absolute Gasteiger partial charge is 0.497 e. The molecule has 0 radical (unpaired) electrons. The first-order valence-electron chi connectivity index (χ1n) is 14.0. The second kappa shape index (κ2) is 14.3. The molecule has 2 aliphatic heterocycles. The van der Waals surface area contributed by atoms with Gasteiger partial charge >= 0.3 is 0 Å². The lowest BCUT2D eigenvalue weighted by Gasteiger charge is -2.25. The van der Waals surface area contributed by atoms with Gasteiger partial charge in [0.25, 0.3) is 0 Å². The number of rotatable bonds is 15. The van der Waals surface area contributed by atoms with Gasteiger partial charge in [-0.3, -0.25) is 24.1 Å². The number of hydrogen-bond donors (Lipinski definition) is 2. The molecule has 2 aromatic carbocycles. The molecule has 2 saturated heterocycles. The van der Waals surface area contributed by atoms with Gasteiger partial charge in [0.05, 0.1) is 46.1 Å². The van der Waals surface area contributed by atoms with E-state index in [0.717, 1.165) is 11.1 Å². The van der Waals surface area contributed by atoms with Gasteiger partial charge in [-0.2, -0.15) is 0 Å². The summed E-state index contributed by atoms with van der Waals surface area (Å²) in [6.07, 6.45) is 0.504. The number of Topliss-reactive ketones (excluding diaryl/α,β-unsaturated/α-hetero) is 2. The molecule has 3 unspecified atom stereocenters. The third-order valence-electron chi connectivity index (χ3n) is 7.45. The number of benzene rings is 2. The van der Waals surface area contributed by atoms with Gasteiger partial charge in [0.2, 0.25) is 11.8 Å². The highest BCUT2D eigenvalue weighted by atomic mass is 16.6. The van der Waals surface area contributed by atoms with Crippen LogP contribution in [0.15, 0.2) is 54.6 Å². The van der Waals surface area contributed by atoms with E-state index in [-0.39, 0.29) is 43.4 Å². The van der Waals surface area contributed by atoms with Gasteiger partial charge in [0.1, 0.15) is 11.4 Å². The smallest absolute Gasteiger partial charge is 0.234 e. The minimum Gasteiger partial charge on any atom is -0.497 e. The fourth-order valence-corrected chi connectivity index (χ4v) is 4.83. The van der Waals surface area contributed by atoms with Crippen molar-refractivity contribution < 1.29 is 33.4 Å². The van der Waals surface area contributed by atoms with E-state index >= 15 is 0 Å². The summed E-state index contributed by atoms with van der Waals surface area (Å²) in [5, 5.41) is 5.61. The van der Waals surface area contributed by atoms with E-state index in [4.69, 9.17) is 14.2 Å². The van der Waals surface area contributed by atoms with Crippen LogP contribution in [-0.4, -0.2) is 93.0 Å². The van der Waals surface area contributed by atoms with Crippen molar-refractivity contribution in [3.63, 3.8) is 0 Å². The molecule has 10 nitrogen and oxygen atoms in total. The van der Waals surface area contributed by atoms with E-state index in [9.17, 15) is 19.2 Å². The summed E-state index contributed by atoms with van der Waals surface area (Å²) >= 11 is 0. The normalized spacial score (nSPS) is 20.0. The highest BCUT2D eigenvalue weighted by Crippen LogP contribution is 2.29. The first-order chi connectivity index (χ1) is 19.8. The standard InChI is InChI=1S/C31H39N3O7/c1-31(21-41-31)29(37)27(17-22-6-4-3-5-7-22)33-30(38)24(16-23-8-10-26(39-2)11-9-23)18-25(35)19-32-28(36)20-34-12-14-40-15-13-34/h3-11,24,27H,12-21H2,1-2H3,(H,32,36)(H,33,38). The molecule has 0 aliphatic carbocycles. The summed E-state index contributed by atoms with van der Waals surface area (Å²) in [7, 11) is 1.57. The molecule has 0 aromatic heterocycles. The molecule has 2 amide bonds. The summed E-state index contributed by atoms with van der Waals surface area (Å²) in [6, 6.07) is 15.9. The van der Waals surface area contributed by atoms with Gasteiger partial charge in [-0.1, -0.05) is 42.5 Å². The summed E-state index contributed by atoms with van der Waals surface area (Å²) in [5.74, 6) is -1.17. The third-order valence-corrected chi connectivity index (χ3v) is 7.45. The van der Waals surface area contributed by atoms with Crippen molar-refractivity contribution in [2.45, 2.75) is 37.8 Å². The lowest BCUT2D eigenvalue weighted by atomic mass is 9.90. The Morgan fingerprint density at radius 3 is 2.27 bits per heavy atom. The molecule has 0 saturated carbocycles. The minimum absolute atomic E-state index is 0.0876. The number of amides is 2. The van der Waals surface area contributed by atoms with Crippen molar-refractivity contribution in [2.75, 3.05) is 53.1 Å². The molecule has 0 bridgehead atoms. The van der Waals surface area contributed by atoms with Gasteiger partial charge < -0.3 is 24.8 Å². The molecule has 0 spiro atoms. The first-order valence-corrected chi connectivity index (χ1v) is 14.0. The van der Waals surface area contributed by atoms with Gasteiger partial charge in [-0.15, -0.1) is 0 Å². The van der Waals surface area contributed by atoms with Crippen LogP contribution in [0.5, 0.6) is 5.75 Å². The Hall–Kier alpha value is -3.60. The maximum absolute atomic E-state index is 13.7. The molecule has 2 heterocycles. The molecule has 2 aromatic rings. The molecule has 2 N–H and O–H groups in total. The monoisotopic (exact) mass is 565 g/mol. The van der Waals surface area contributed by atoms with E-state index in [1.54, 1.807) is 26.2 Å². The Kier molecular flexibility index (Phi) is 10.6. The van der Waals surface area contributed by atoms with Crippen LogP contribution < -0.4 is 15.4 Å². The van der Waals surface area contributed by atoms with Gasteiger partial charge in [-0.25, -0.2) is 0 Å². The fraction of sp³-hybridized carbons (Fsp3) is 0.484. The number of hydrogen-bond acceptors (Lipinski definition) is 8. The second-order valence-corrected chi connectivity index (χ2v) is 10.8. The quantitative estimate of drug-likeness (QED) is 0.310. The minimum atomic E-state index is -0.918. The van der Waals surface area contributed by atoms with Crippen molar-refractivity contribution in [3.05, 3.63) is 65.7 Å². The van der Waals surface area contributed by atoms with E-state index in [0.29, 0.717) is 45.1 Å². The van der Waals surface area contributed by atoms with E-state index in [2.05, 4.69) is 10.6 Å². The highest BCUT2D eigenvalue weighted by Gasteiger charge is 2.50. The van der Waals surface area contributed by atoms with Gasteiger partial charge in [0, 0.05) is 25.4 Å². The van der Waals surface area contributed by atoms with E-state index in [1.807, 2.05) is 47.4 Å². The van der Waals surface area contributed by atoms with Crippen LogP contribution in [0.4, 0.5) is 0 Å². The molecule has 2 fully saturated rings. The predicted octanol–water partition coefficient (Wildman–Crippen LogP) is 1.35. The summed E-state index contributed by atoms with van der Waals surface area (Å²) < 4.78 is 15.9. The number of nitrogens with one attached hydrogen (secondary N) is 2. The van der Waals surface area contributed by atoms with Crippen molar-refractivity contribution in [2.24, 2.45) is 5.92 Å². The number of carbonyl (C=O) groups excluding carboxylic acids is 4. The SMILES string of the molecule is COc1ccc(CC(CC(=O)CNC(=O)CN2CCOCC2)C(=O)NC(Cc2ccccc2)C(=O)C2(C)CO2)cc1. The van der Waals surface area contributed by atoms with Crippen LogP contribution in [-0.2, 0) is 41.5 Å².